The van der Waals surface area contributed by atoms with Crippen LogP contribution in [0.3, 0.4) is 0 Å². The van der Waals surface area contributed by atoms with Gasteiger partial charge < -0.3 is 4.57 Å². The fourth-order valence-electron chi connectivity index (χ4n) is 2.65. The van der Waals surface area contributed by atoms with Crippen LogP contribution in [0, 0.1) is 6.92 Å². The predicted octanol–water partition coefficient (Wildman–Crippen LogP) is 4.61. The van der Waals surface area contributed by atoms with Crippen LogP contribution >= 0.6 is 11.6 Å². The summed E-state index contributed by atoms with van der Waals surface area (Å²) in [5, 5.41) is 2.05. The third-order valence-electron chi connectivity index (χ3n) is 3.62. The molecule has 0 aliphatic rings. The Labute approximate surface area is 124 Å². The van der Waals surface area contributed by atoms with Gasteiger partial charge in [0, 0.05) is 40.6 Å². The smallest absolute Gasteiger partial charge is 0.0487 e. The molecule has 0 aliphatic heterocycles. The normalized spacial score (nSPS) is 11.2. The van der Waals surface area contributed by atoms with Gasteiger partial charge >= 0.3 is 0 Å². The molecule has 0 amide bonds. The lowest BCUT2D eigenvalue weighted by molar-refractivity contribution is 0.827. The second-order valence-electron chi connectivity index (χ2n) is 5.10. The van der Waals surface area contributed by atoms with E-state index >= 15 is 0 Å². The van der Waals surface area contributed by atoms with Crippen LogP contribution in [0.4, 0.5) is 0 Å². The number of halogens is 1. The van der Waals surface area contributed by atoms with Crippen molar-refractivity contribution in [2.24, 2.45) is 0 Å². The molecular weight excluding hydrogens is 268 g/mol. The fraction of sp³-hybridized carbons (Fsp3) is 0.235. The molecule has 2 nitrogen and oxygen atoms in total. The molecular formula is C17H17ClN2. The standard InChI is InChI=1S/C17H17ClN2/c1-3-14-11-20(10-13-6-7-19-12(2)8-13)17-5-4-15(18)9-16(14)17/h4-9,11H,3,10H2,1-2H3. The minimum atomic E-state index is 0.796. The number of benzene rings is 1. The first-order valence-corrected chi connectivity index (χ1v) is 7.24. The average molecular weight is 285 g/mol. The molecule has 102 valence electrons. The van der Waals surface area contributed by atoms with Gasteiger partial charge in [0.1, 0.15) is 0 Å². The summed E-state index contributed by atoms with van der Waals surface area (Å²) in [6.07, 6.45) is 5.12. The topological polar surface area (TPSA) is 17.8 Å². The van der Waals surface area contributed by atoms with Gasteiger partial charge in [0.2, 0.25) is 0 Å². The Kier molecular flexibility index (Phi) is 3.49. The molecule has 0 saturated carbocycles. The van der Waals surface area contributed by atoms with Gasteiger partial charge in [-0.2, -0.15) is 0 Å². The fourth-order valence-corrected chi connectivity index (χ4v) is 2.83. The molecule has 2 aromatic heterocycles. The molecule has 0 atom stereocenters. The molecule has 3 heteroatoms. The lowest BCUT2D eigenvalue weighted by Crippen LogP contribution is -1.98. The molecule has 0 bridgehead atoms. The van der Waals surface area contributed by atoms with E-state index < -0.39 is 0 Å². The first-order valence-electron chi connectivity index (χ1n) is 6.86. The van der Waals surface area contributed by atoms with Crippen molar-refractivity contribution in [1.82, 2.24) is 9.55 Å². The van der Waals surface area contributed by atoms with E-state index in [1.54, 1.807) is 0 Å². The van der Waals surface area contributed by atoms with Gasteiger partial charge in [0.15, 0.2) is 0 Å². The Morgan fingerprint density at radius 1 is 1.20 bits per heavy atom. The summed E-state index contributed by atoms with van der Waals surface area (Å²) in [5.41, 5.74) is 4.90. The van der Waals surface area contributed by atoms with Gasteiger partial charge in [-0.15, -0.1) is 0 Å². The third-order valence-corrected chi connectivity index (χ3v) is 3.86. The first-order chi connectivity index (χ1) is 9.67. The molecule has 0 unspecified atom stereocenters. The summed E-state index contributed by atoms with van der Waals surface area (Å²) in [6, 6.07) is 10.3. The number of fused-ring (bicyclic) bond motifs is 1. The van der Waals surface area contributed by atoms with E-state index in [0.717, 1.165) is 23.7 Å². The van der Waals surface area contributed by atoms with Crippen LogP contribution in [0.1, 0.15) is 23.7 Å². The average Bonchev–Trinajstić information content (AvgIpc) is 2.76. The van der Waals surface area contributed by atoms with Crippen LogP contribution in [0.25, 0.3) is 10.9 Å². The molecule has 2 heterocycles. The second kappa shape index (κ2) is 5.29. The van der Waals surface area contributed by atoms with Crippen LogP contribution in [-0.2, 0) is 13.0 Å². The summed E-state index contributed by atoms with van der Waals surface area (Å²) in [7, 11) is 0. The van der Waals surface area contributed by atoms with Gasteiger partial charge in [-0.3, -0.25) is 4.98 Å². The molecule has 0 radical (unpaired) electrons. The first kappa shape index (κ1) is 13.2. The highest BCUT2D eigenvalue weighted by Crippen LogP contribution is 2.26. The Hall–Kier alpha value is -1.80. The van der Waals surface area contributed by atoms with Crippen molar-refractivity contribution in [3.8, 4) is 0 Å². The van der Waals surface area contributed by atoms with E-state index in [0.29, 0.717) is 0 Å². The van der Waals surface area contributed by atoms with Crippen molar-refractivity contribution in [1.29, 1.82) is 0 Å². The highest BCUT2D eigenvalue weighted by atomic mass is 35.5. The third kappa shape index (κ3) is 2.44. The number of nitrogens with zero attached hydrogens (tertiary/aromatic N) is 2. The van der Waals surface area contributed by atoms with Gasteiger partial charge in [-0.05, 0) is 54.8 Å². The molecule has 0 spiro atoms. The van der Waals surface area contributed by atoms with Crippen LogP contribution in [-0.4, -0.2) is 9.55 Å². The quantitative estimate of drug-likeness (QED) is 0.687. The van der Waals surface area contributed by atoms with Crippen LogP contribution in [0.5, 0.6) is 0 Å². The van der Waals surface area contributed by atoms with E-state index in [2.05, 4.69) is 46.9 Å². The van der Waals surface area contributed by atoms with Crippen molar-refractivity contribution >= 4 is 22.5 Å². The van der Waals surface area contributed by atoms with Crippen molar-refractivity contribution in [3.63, 3.8) is 0 Å². The van der Waals surface area contributed by atoms with Gasteiger partial charge in [0.05, 0.1) is 0 Å². The molecule has 0 saturated heterocycles. The maximum Gasteiger partial charge on any atom is 0.0487 e. The number of rotatable bonds is 3. The lowest BCUT2D eigenvalue weighted by Gasteiger charge is -2.06. The van der Waals surface area contributed by atoms with Gasteiger partial charge in [0.25, 0.3) is 0 Å². The summed E-state index contributed by atoms with van der Waals surface area (Å²) >= 11 is 6.12. The molecule has 3 rings (SSSR count). The van der Waals surface area contributed by atoms with Crippen molar-refractivity contribution < 1.29 is 0 Å². The minimum absolute atomic E-state index is 0.796. The van der Waals surface area contributed by atoms with Crippen LogP contribution in [0.2, 0.25) is 5.02 Å². The molecule has 0 fully saturated rings. The number of aromatic nitrogens is 2. The Balaban J connectivity index is 2.07. The zero-order valence-corrected chi connectivity index (χ0v) is 12.5. The minimum Gasteiger partial charge on any atom is -0.343 e. The van der Waals surface area contributed by atoms with E-state index in [1.165, 1.54) is 22.0 Å². The largest absolute Gasteiger partial charge is 0.343 e. The van der Waals surface area contributed by atoms with Crippen LogP contribution in [0.15, 0.2) is 42.7 Å². The zero-order valence-electron chi connectivity index (χ0n) is 11.7. The highest BCUT2D eigenvalue weighted by Gasteiger charge is 2.08. The van der Waals surface area contributed by atoms with Crippen LogP contribution < -0.4 is 0 Å². The van der Waals surface area contributed by atoms with Crippen molar-refractivity contribution in [2.75, 3.05) is 0 Å². The maximum absolute atomic E-state index is 6.12. The summed E-state index contributed by atoms with van der Waals surface area (Å²) in [6.45, 7) is 5.06. The second-order valence-corrected chi connectivity index (χ2v) is 5.54. The summed E-state index contributed by atoms with van der Waals surface area (Å²) in [5.74, 6) is 0. The lowest BCUT2D eigenvalue weighted by atomic mass is 10.1. The number of hydrogen-bond acceptors (Lipinski definition) is 1. The molecule has 1 aromatic carbocycles. The Morgan fingerprint density at radius 3 is 2.80 bits per heavy atom. The van der Waals surface area contributed by atoms with E-state index in [1.807, 2.05) is 19.2 Å². The van der Waals surface area contributed by atoms with Gasteiger partial charge in [-0.25, -0.2) is 0 Å². The van der Waals surface area contributed by atoms with E-state index in [-0.39, 0.29) is 0 Å². The zero-order chi connectivity index (χ0) is 14.1. The molecule has 3 aromatic rings. The number of hydrogen-bond donors (Lipinski definition) is 0. The monoisotopic (exact) mass is 284 g/mol. The SMILES string of the molecule is CCc1cn(Cc2ccnc(C)c2)c2ccc(Cl)cc12. The summed E-state index contributed by atoms with van der Waals surface area (Å²) in [4.78, 5) is 4.25. The Bertz CT molecular complexity index is 759. The number of pyridine rings is 1. The Morgan fingerprint density at radius 2 is 2.05 bits per heavy atom. The van der Waals surface area contributed by atoms with Crippen molar-refractivity contribution in [3.05, 3.63) is 64.6 Å². The summed E-state index contributed by atoms with van der Waals surface area (Å²) < 4.78 is 2.29. The van der Waals surface area contributed by atoms with Crippen molar-refractivity contribution in [2.45, 2.75) is 26.8 Å². The van der Waals surface area contributed by atoms with E-state index in [9.17, 15) is 0 Å². The molecule has 0 aliphatic carbocycles. The van der Waals surface area contributed by atoms with E-state index in [4.69, 9.17) is 11.6 Å². The number of aryl methyl sites for hydroxylation is 2. The predicted molar refractivity (Wildman–Crippen MR) is 84.4 cm³/mol. The highest BCUT2D eigenvalue weighted by molar-refractivity contribution is 6.31. The maximum atomic E-state index is 6.12. The van der Waals surface area contributed by atoms with Gasteiger partial charge in [-0.1, -0.05) is 18.5 Å². The molecule has 0 N–H and O–H groups in total. The molecule has 20 heavy (non-hydrogen) atoms.